The van der Waals surface area contributed by atoms with Crippen molar-refractivity contribution in [1.29, 1.82) is 0 Å². The van der Waals surface area contributed by atoms with E-state index >= 15 is 0 Å². The Morgan fingerprint density at radius 3 is 3.00 bits per heavy atom. The normalized spacial score (nSPS) is 23.6. The molecule has 4 heterocycles. The average molecular weight is 429 g/mol. The van der Waals surface area contributed by atoms with Crippen LogP contribution in [0.1, 0.15) is 49.2 Å². The molecule has 2 aliphatic heterocycles. The number of pyridine rings is 1. The van der Waals surface area contributed by atoms with Gasteiger partial charge in [-0.05, 0) is 55.7 Å². The van der Waals surface area contributed by atoms with Crippen LogP contribution < -0.4 is 5.32 Å². The Hall–Kier alpha value is -2.45. The van der Waals surface area contributed by atoms with Crippen molar-refractivity contribution in [2.45, 2.75) is 50.4 Å². The van der Waals surface area contributed by atoms with E-state index in [1.54, 1.807) is 0 Å². The van der Waals surface area contributed by atoms with Gasteiger partial charge in [0, 0.05) is 44.2 Å². The van der Waals surface area contributed by atoms with Gasteiger partial charge in [0.1, 0.15) is 0 Å². The first-order valence-corrected chi connectivity index (χ1v) is 10.9. The van der Waals surface area contributed by atoms with Crippen molar-refractivity contribution in [3.63, 3.8) is 0 Å². The molecule has 2 aromatic heterocycles. The highest BCUT2D eigenvalue weighted by Gasteiger charge is 2.41. The summed E-state index contributed by atoms with van der Waals surface area (Å²) in [7, 11) is 1.42. The molecule has 0 aromatic carbocycles. The van der Waals surface area contributed by atoms with Crippen LogP contribution in [0.3, 0.4) is 0 Å². The maximum atomic E-state index is 11.6. The Bertz CT molecular complexity index is 866. The van der Waals surface area contributed by atoms with Gasteiger partial charge in [0.15, 0.2) is 5.11 Å². The minimum absolute atomic E-state index is 0.0125. The number of hydrogen-bond donors (Lipinski definition) is 1. The van der Waals surface area contributed by atoms with E-state index in [0.717, 1.165) is 31.7 Å². The molecule has 2 saturated heterocycles. The molecule has 0 radical (unpaired) electrons. The Labute approximate surface area is 182 Å². The zero-order valence-electron chi connectivity index (χ0n) is 17.2. The van der Waals surface area contributed by atoms with Crippen LogP contribution in [0.4, 0.5) is 0 Å². The number of methoxy groups -OCH3 is 1. The summed E-state index contributed by atoms with van der Waals surface area (Å²) in [6.07, 6.45) is 7.42. The average Bonchev–Trinajstić information content (AvgIpc) is 3.50. The molecule has 2 aromatic rings. The molecule has 3 atom stereocenters. The van der Waals surface area contributed by atoms with E-state index in [2.05, 4.69) is 38.1 Å². The molecule has 0 saturated carbocycles. The van der Waals surface area contributed by atoms with Crippen LogP contribution in [-0.4, -0.2) is 51.9 Å². The number of rotatable bonds is 8. The van der Waals surface area contributed by atoms with E-state index < -0.39 is 0 Å². The molecule has 2 fully saturated rings. The predicted molar refractivity (Wildman–Crippen MR) is 117 cm³/mol. The Balaban J connectivity index is 1.61. The third kappa shape index (κ3) is 4.49. The number of carbonyl (C=O) groups is 1. The van der Waals surface area contributed by atoms with Gasteiger partial charge >= 0.3 is 5.97 Å². The number of esters is 1. The number of nitrogens with one attached hydrogen (secondary N) is 1. The number of hydrogen-bond acceptors (Lipinski definition) is 5. The fraction of sp³-hybridized carbons (Fsp3) is 0.500. The maximum absolute atomic E-state index is 11.6. The molecular formula is C22H28N4O3S. The molecule has 160 valence electrons. The van der Waals surface area contributed by atoms with E-state index in [4.69, 9.17) is 21.7 Å². The molecule has 0 amide bonds. The summed E-state index contributed by atoms with van der Waals surface area (Å²) in [6.45, 7) is 2.34. The quantitative estimate of drug-likeness (QED) is 0.512. The molecule has 8 heteroatoms. The number of thiocarbonyl (C=S) groups is 1. The third-order valence-corrected chi connectivity index (χ3v) is 6.15. The van der Waals surface area contributed by atoms with Crippen LogP contribution in [0.15, 0.2) is 42.7 Å². The van der Waals surface area contributed by atoms with Crippen LogP contribution in [0.2, 0.25) is 0 Å². The first kappa shape index (κ1) is 20.8. The summed E-state index contributed by atoms with van der Waals surface area (Å²) in [5.41, 5.74) is 2.12. The van der Waals surface area contributed by atoms with Crippen molar-refractivity contribution in [2.75, 3.05) is 20.3 Å². The number of aromatic nitrogens is 2. The third-order valence-electron chi connectivity index (χ3n) is 5.80. The second kappa shape index (κ2) is 9.57. The van der Waals surface area contributed by atoms with Gasteiger partial charge in [-0.15, -0.1) is 0 Å². The highest BCUT2D eigenvalue weighted by atomic mass is 32.1. The summed E-state index contributed by atoms with van der Waals surface area (Å²) in [6, 6.07) is 10.1. The van der Waals surface area contributed by atoms with Crippen molar-refractivity contribution in [2.24, 2.45) is 0 Å². The summed E-state index contributed by atoms with van der Waals surface area (Å²) in [5, 5.41) is 4.15. The van der Waals surface area contributed by atoms with Gasteiger partial charge < -0.3 is 24.3 Å². The molecule has 0 unspecified atom stereocenters. The topological polar surface area (TPSA) is 68.6 Å². The van der Waals surface area contributed by atoms with Crippen molar-refractivity contribution < 1.29 is 14.3 Å². The van der Waals surface area contributed by atoms with Crippen molar-refractivity contribution >= 4 is 23.3 Å². The van der Waals surface area contributed by atoms with Gasteiger partial charge in [-0.25, -0.2) is 0 Å². The minimum Gasteiger partial charge on any atom is -0.469 e. The SMILES string of the molecule is COC(=O)CCCN1C(=S)N[C@H](c2ccccn2)[C@@H]1c1cccn1C[C@@H]1CCCO1. The molecule has 2 aliphatic rings. The first-order chi connectivity index (χ1) is 14.7. The number of ether oxygens (including phenoxy) is 2. The van der Waals surface area contributed by atoms with E-state index in [-0.39, 0.29) is 24.2 Å². The van der Waals surface area contributed by atoms with E-state index in [1.165, 1.54) is 12.8 Å². The smallest absolute Gasteiger partial charge is 0.305 e. The van der Waals surface area contributed by atoms with Crippen LogP contribution in [0.5, 0.6) is 0 Å². The van der Waals surface area contributed by atoms with Crippen molar-refractivity contribution in [1.82, 2.24) is 19.8 Å². The molecule has 0 aliphatic carbocycles. The molecule has 0 spiro atoms. The standard InChI is InChI=1S/C22H28N4O3S/c1-28-19(27)10-5-13-26-21(20(24-22(26)30)17-8-2-3-11-23-17)18-9-4-12-25(18)15-16-7-6-14-29-16/h2-4,8-9,11-12,16,20-21H,5-7,10,13-15H2,1H3,(H,24,30)/t16-,20+,21-/m0/s1. The highest BCUT2D eigenvalue weighted by molar-refractivity contribution is 7.80. The van der Waals surface area contributed by atoms with Gasteiger partial charge in [0.05, 0.1) is 31.0 Å². The highest BCUT2D eigenvalue weighted by Crippen LogP contribution is 2.39. The summed E-state index contributed by atoms with van der Waals surface area (Å²) >= 11 is 5.70. The number of carbonyl (C=O) groups excluding carboxylic acids is 1. The minimum atomic E-state index is -0.201. The molecule has 7 nitrogen and oxygen atoms in total. The van der Waals surface area contributed by atoms with Gasteiger partial charge in [-0.1, -0.05) is 6.07 Å². The summed E-state index contributed by atoms with van der Waals surface area (Å²) < 4.78 is 12.9. The lowest BCUT2D eigenvalue weighted by Gasteiger charge is -2.29. The zero-order valence-corrected chi connectivity index (χ0v) is 18.0. The molecule has 30 heavy (non-hydrogen) atoms. The largest absolute Gasteiger partial charge is 0.469 e. The van der Waals surface area contributed by atoms with Gasteiger partial charge in [0.2, 0.25) is 0 Å². The van der Waals surface area contributed by atoms with Crippen LogP contribution in [0, 0.1) is 0 Å². The summed E-state index contributed by atoms with van der Waals surface area (Å²) in [5.74, 6) is -0.201. The first-order valence-electron chi connectivity index (χ1n) is 10.5. The van der Waals surface area contributed by atoms with Crippen LogP contribution in [0.25, 0.3) is 0 Å². The lowest BCUT2D eigenvalue weighted by Crippen LogP contribution is -2.32. The monoisotopic (exact) mass is 428 g/mol. The summed E-state index contributed by atoms with van der Waals surface area (Å²) in [4.78, 5) is 18.4. The number of nitrogens with zero attached hydrogens (tertiary/aromatic N) is 3. The lowest BCUT2D eigenvalue weighted by molar-refractivity contribution is -0.140. The fourth-order valence-corrected chi connectivity index (χ4v) is 4.67. The molecule has 0 bridgehead atoms. The van der Waals surface area contributed by atoms with E-state index in [0.29, 0.717) is 24.5 Å². The fourth-order valence-electron chi connectivity index (χ4n) is 4.33. The second-order valence-corrected chi connectivity index (χ2v) is 8.11. The molecular weight excluding hydrogens is 400 g/mol. The molecule has 4 rings (SSSR count). The van der Waals surface area contributed by atoms with Crippen molar-refractivity contribution in [3.8, 4) is 0 Å². The Morgan fingerprint density at radius 2 is 2.27 bits per heavy atom. The maximum Gasteiger partial charge on any atom is 0.305 e. The lowest BCUT2D eigenvalue weighted by atomic mass is 10.0. The van der Waals surface area contributed by atoms with Gasteiger partial charge in [-0.2, -0.15) is 0 Å². The second-order valence-electron chi connectivity index (χ2n) is 7.72. The van der Waals surface area contributed by atoms with Gasteiger partial charge in [0.25, 0.3) is 0 Å². The van der Waals surface area contributed by atoms with Crippen molar-refractivity contribution in [3.05, 3.63) is 54.1 Å². The van der Waals surface area contributed by atoms with Gasteiger partial charge in [-0.3, -0.25) is 9.78 Å². The Kier molecular flexibility index (Phi) is 6.64. The van der Waals surface area contributed by atoms with Crippen LogP contribution in [-0.2, 0) is 20.8 Å². The predicted octanol–water partition coefficient (Wildman–Crippen LogP) is 2.99. The van der Waals surface area contributed by atoms with E-state index in [1.807, 2.05) is 24.4 Å². The van der Waals surface area contributed by atoms with E-state index in [9.17, 15) is 4.79 Å². The Morgan fingerprint density at radius 1 is 1.37 bits per heavy atom. The molecule has 1 N–H and O–H groups in total. The zero-order chi connectivity index (χ0) is 20.9. The van der Waals surface area contributed by atoms with Crippen LogP contribution >= 0.6 is 12.2 Å².